The predicted octanol–water partition coefficient (Wildman–Crippen LogP) is 1.60. The van der Waals surface area contributed by atoms with Gasteiger partial charge in [-0.2, -0.15) is 0 Å². The second kappa shape index (κ2) is 7.00. The van der Waals surface area contributed by atoms with Gasteiger partial charge in [-0.3, -0.25) is 4.79 Å². The molecule has 4 nitrogen and oxygen atoms in total. The summed E-state index contributed by atoms with van der Waals surface area (Å²) in [6.07, 6.45) is 3.59. The summed E-state index contributed by atoms with van der Waals surface area (Å²) in [5.74, 6) is -0.279. The Morgan fingerprint density at radius 1 is 1.50 bits per heavy atom. The molecule has 0 aromatic carbocycles. The SMILES string of the molecule is COC(=O)c1ccc(CCCCNC=O)s1. The summed E-state index contributed by atoms with van der Waals surface area (Å²) in [6.45, 7) is 0.707. The molecule has 0 aliphatic carbocycles. The van der Waals surface area contributed by atoms with Gasteiger partial charge in [0.25, 0.3) is 0 Å². The second-order valence-electron chi connectivity index (χ2n) is 3.29. The molecule has 0 aliphatic rings. The van der Waals surface area contributed by atoms with Gasteiger partial charge >= 0.3 is 5.97 Å². The van der Waals surface area contributed by atoms with Gasteiger partial charge in [0.15, 0.2) is 0 Å². The van der Waals surface area contributed by atoms with Gasteiger partial charge < -0.3 is 10.1 Å². The Kier molecular flexibility index (Phi) is 5.56. The number of ether oxygens (including phenoxy) is 1. The molecule has 1 aromatic rings. The highest BCUT2D eigenvalue weighted by Crippen LogP contribution is 2.19. The fourth-order valence-corrected chi connectivity index (χ4v) is 2.28. The Morgan fingerprint density at radius 3 is 3.00 bits per heavy atom. The Bertz CT molecular complexity index is 349. The van der Waals surface area contributed by atoms with E-state index in [-0.39, 0.29) is 5.97 Å². The average Bonchev–Trinajstić information content (AvgIpc) is 2.76. The van der Waals surface area contributed by atoms with Crippen molar-refractivity contribution in [2.45, 2.75) is 19.3 Å². The molecule has 0 atom stereocenters. The number of nitrogens with one attached hydrogen (secondary N) is 1. The minimum Gasteiger partial charge on any atom is -0.465 e. The Balaban J connectivity index is 2.29. The summed E-state index contributed by atoms with van der Waals surface area (Å²) in [5.41, 5.74) is 0. The molecule has 0 radical (unpaired) electrons. The zero-order chi connectivity index (χ0) is 11.8. The van der Waals surface area contributed by atoms with E-state index in [4.69, 9.17) is 0 Å². The van der Waals surface area contributed by atoms with Crippen LogP contribution in [0.2, 0.25) is 0 Å². The highest BCUT2D eigenvalue weighted by molar-refractivity contribution is 7.13. The van der Waals surface area contributed by atoms with Crippen LogP contribution in [0.25, 0.3) is 0 Å². The van der Waals surface area contributed by atoms with Crippen LogP contribution < -0.4 is 5.32 Å². The first-order chi connectivity index (χ1) is 7.77. The molecule has 0 bridgehead atoms. The number of aryl methyl sites for hydroxylation is 1. The van der Waals surface area contributed by atoms with E-state index >= 15 is 0 Å². The van der Waals surface area contributed by atoms with Crippen LogP contribution in [0, 0.1) is 0 Å². The molecular formula is C11H15NO3S. The number of carbonyl (C=O) groups is 2. The lowest BCUT2D eigenvalue weighted by molar-refractivity contribution is -0.109. The van der Waals surface area contributed by atoms with Crippen molar-refractivity contribution in [2.75, 3.05) is 13.7 Å². The first-order valence-corrected chi connectivity index (χ1v) is 5.93. The second-order valence-corrected chi connectivity index (χ2v) is 4.45. The van der Waals surface area contributed by atoms with Gasteiger partial charge in [0, 0.05) is 11.4 Å². The number of amides is 1. The fourth-order valence-electron chi connectivity index (χ4n) is 1.31. The number of esters is 1. The Morgan fingerprint density at radius 2 is 2.31 bits per heavy atom. The maximum atomic E-state index is 11.2. The molecule has 0 saturated heterocycles. The topological polar surface area (TPSA) is 55.4 Å². The number of hydrogen-bond donors (Lipinski definition) is 1. The standard InChI is InChI=1S/C11H15NO3S/c1-15-11(14)10-6-5-9(16-10)4-2-3-7-12-8-13/h5-6,8H,2-4,7H2,1H3,(H,12,13). The summed E-state index contributed by atoms with van der Waals surface area (Å²) in [5, 5.41) is 2.62. The minimum atomic E-state index is -0.279. The van der Waals surface area contributed by atoms with Gasteiger partial charge in [0.05, 0.1) is 7.11 Å². The molecule has 1 rings (SSSR count). The van der Waals surface area contributed by atoms with E-state index in [1.807, 2.05) is 6.07 Å². The lowest BCUT2D eigenvalue weighted by Crippen LogP contribution is -2.11. The van der Waals surface area contributed by atoms with Crippen LogP contribution in [0.15, 0.2) is 12.1 Å². The van der Waals surface area contributed by atoms with Crippen molar-refractivity contribution >= 4 is 23.7 Å². The first-order valence-electron chi connectivity index (χ1n) is 5.12. The number of rotatable bonds is 7. The van der Waals surface area contributed by atoms with Gasteiger partial charge in [-0.05, 0) is 31.4 Å². The molecule has 88 valence electrons. The van der Waals surface area contributed by atoms with Gasteiger partial charge in [-0.15, -0.1) is 11.3 Å². The molecule has 0 spiro atoms. The maximum absolute atomic E-state index is 11.2. The summed E-state index contributed by atoms with van der Waals surface area (Å²) < 4.78 is 4.63. The molecule has 1 amide bonds. The lowest BCUT2D eigenvalue weighted by atomic mass is 10.2. The Hall–Kier alpha value is -1.36. The third kappa shape index (κ3) is 4.02. The number of methoxy groups -OCH3 is 1. The number of thiophene rings is 1. The minimum absolute atomic E-state index is 0.279. The van der Waals surface area contributed by atoms with E-state index in [9.17, 15) is 9.59 Å². The molecule has 0 fully saturated rings. The van der Waals surface area contributed by atoms with Crippen molar-refractivity contribution in [3.63, 3.8) is 0 Å². The van der Waals surface area contributed by atoms with Crippen LogP contribution in [0.4, 0.5) is 0 Å². The molecule has 1 aromatic heterocycles. The predicted molar refractivity (Wildman–Crippen MR) is 62.7 cm³/mol. The maximum Gasteiger partial charge on any atom is 0.348 e. The van der Waals surface area contributed by atoms with Crippen molar-refractivity contribution in [3.8, 4) is 0 Å². The van der Waals surface area contributed by atoms with Crippen molar-refractivity contribution in [1.82, 2.24) is 5.32 Å². The zero-order valence-corrected chi connectivity index (χ0v) is 10.0. The van der Waals surface area contributed by atoms with E-state index in [1.54, 1.807) is 6.07 Å². The summed E-state index contributed by atoms with van der Waals surface area (Å²) in [6, 6.07) is 3.74. The van der Waals surface area contributed by atoms with Crippen molar-refractivity contribution in [3.05, 3.63) is 21.9 Å². The Labute approximate surface area is 98.6 Å². The van der Waals surface area contributed by atoms with E-state index < -0.39 is 0 Å². The van der Waals surface area contributed by atoms with Gasteiger partial charge in [0.1, 0.15) is 4.88 Å². The monoisotopic (exact) mass is 241 g/mol. The van der Waals surface area contributed by atoms with E-state index in [2.05, 4.69) is 10.1 Å². The van der Waals surface area contributed by atoms with Crippen molar-refractivity contribution in [2.24, 2.45) is 0 Å². The largest absolute Gasteiger partial charge is 0.465 e. The van der Waals surface area contributed by atoms with E-state index in [0.717, 1.165) is 19.3 Å². The highest BCUT2D eigenvalue weighted by atomic mass is 32.1. The number of hydrogen-bond acceptors (Lipinski definition) is 4. The molecule has 5 heteroatoms. The van der Waals surface area contributed by atoms with Crippen LogP contribution in [-0.4, -0.2) is 26.0 Å². The quantitative estimate of drug-likeness (QED) is 0.448. The van der Waals surface area contributed by atoms with Crippen LogP contribution in [0.5, 0.6) is 0 Å². The third-order valence-electron chi connectivity index (χ3n) is 2.13. The van der Waals surface area contributed by atoms with Crippen molar-refractivity contribution in [1.29, 1.82) is 0 Å². The molecular weight excluding hydrogens is 226 g/mol. The van der Waals surface area contributed by atoms with Crippen LogP contribution in [0.3, 0.4) is 0 Å². The molecule has 0 unspecified atom stereocenters. The summed E-state index contributed by atoms with van der Waals surface area (Å²) in [7, 11) is 1.38. The fraction of sp³-hybridized carbons (Fsp3) is 0.455. The van der Waals surface area contributed by atoms with Crippen LogP contribution in [0.1, 0.15) is 27.4 Å². The number of carbonyl (C=O) groups excluding carboxylic acids is 2. The summed E-state index contributed by atoms with van der Waals surface area (Å²) in [4.78, 5) is 23.0. The average molecular weight is 241 g/mol. The smallest absolute Gasteiger partial charge is 0.348 e. The zero-order valence-electron chi connectivity index (χ0n) is 9.19. The van der Waals surface area contributed by atoms with Gasteiger partial charge in [0.2, 0.25) is 6.41 Å². The number of unbranched alkanes of at least 4 members (excludes halogenated alkanes) is 1. The van der Waals surface area contributed by atoms with Gasteiger partial charge in [-0.25, -0.2) is 4.79 Å². The highest BCUT2D eigenvalue weighted by Gasteiger charge is 2.08. The molecule has 16 heavy (non-hydrogen) atoms. The van der Waals surface area contributed by atoms with Gasteiger partial charge in [-0.1, -0.05) is 0 Å². The molecule has 0 saturated carbocycles. The first kappa shape index (κ1) is 12.7. The molecule has 0 aliphatic heterocycles. The van der Waals surface area contributed by atoms with Crippen LogP contribution in [-0.2, 0) is 16.0 Å². The summed E-state index contributed by atoms with van der Waals surface area (Å²) >= 11 is 1.46. The lowest BCUT2D eigenvalue weighted by Gasteiger charge is -1.98. The normalized spacial score (nSPS) is 9.81. The molecule has 1 N–H and O–H groups in total. The van der Waals surface area contributed by atoms with E-state index in [1.165, 1.54) is 23.3 Å². The van der Waals surface area contributed by atoms with Crippen LogP contribution >= 0.6 is 11.3 Å². The molecule has 1 heterocycles. The van der Waals surface area contributed by atoms with Crippen molar-refractivity contribution < 1.29 is 14.3 Å². The van der Waals surface area contributed by atoms with E-state index in [0.29, 0.717) is 17.8 Å². The third-order valence-corrected chi connectivity index (χ3v) is 3.25.